The zero-order chi connectivity index (χ0) is 39.7. The molecule has 12 nitrogen and oxygen atoms in total. The summed E-state index contributed by atoms with van der Waals surface area (Å²) in [6, 6.07) is 0. The van der Waals surface area contributed by atoms with Gasteiger partial charge in [-0.3, -0.25) is 9.35 Å². The Balaban J connectivity index is 2.46. The van der Waals surface area contributed by atoms with Crippen LogP contribution in [0.2, 0.25) is 0 Å². The lowest BCUT2D eigenvalue weighted by Crippen LogP contribution is -2.60. The van der Waals surface area contributed by atoms with Crippen LogP contribution in [-0.4, -0.2) is 97.5 Å². The Morgan fingerprint density at radius 3 is 1.74 bits per heavy atom. The van der Waals surface area contributed by atoms with Crippen molar-refractivity contribution in [3.05, 3.63) is 24.3 Å². The number of allylic oxidation sites excluding steroid dienone is 4. The number of esters is 1. The van der Waals surface area contributed by atoms with Crippen LogP contribution in [0.3, 0.4) is 0 Å². The van der Waals surface area contributed by atoms with Gasteiger partial charge < -0.3 is 34.3 Å². The Labute approximate surface area is 327 Å². The Kier molecular flexibility index (Phi) is 31.6. The predicted octanol–water partition coefficient (Wildman–Crippen LogP) is 8.07. The summed E-state index contributed by atoms with van der Waals surface area (Å²) in [5, 5.41) is 30.6. The molecular weight excluding hydrogens is 717 g/mol. The number of hydrogen-bond donors (Lipinski definition) is 4. The van der Waals surface area contributed by atoms with E-state index in [1.807, 2.05) is 0 Å². The normalized spacial score (nSPS) is 21.3. The van der Waals surface area contributed by atoms with Gasteiger partial charge in [-0.15, -0.1) is 0 Å². The third-order valence-electron chi connectivity index (χ3n) is 9.53. The maximum atomic E-state index is 12.8. The average molecular weight is 793 g/mol. The molecule has 0 radical (unpaired) electrons. The largest absolute Gasteiger partial charge is 0.457 e. The molecule has 1 heterocycles. The summed E-state index contributed by atoms with van der Waals surface area (Å²) < 4.78 is 58.8. The van der Waals surface area contributed by atoms with Gasteiger partial charge in [0.1, 0.15) is 30.5 Å². The minimum absolute atomic E-state index is 0.0299. The van der Waals surface area contributed by atoms with Crippen molar-refractivity contribution in [2.75, 3.05) is 26.4 Å². The number of carbonyl (C=O) groups is 1. The summed E-state index contributed by atoms with van der Waals surface area (Å²) in [4.78, 5) is 12.8. The molecule has 0 bridgehead atoms. The summed E-state index contributed by atoms with van der Waals surface area (Å²) in [7, 11) is -5.06. The summed E-state index contributed by atoms with van der Waals surface area (Å²) in [5.74, 6) is -0.411. The van der Waals surface area contributed by atoms with Crippen molar-refractivity contribution in [1.29, 1.82) is 0 Å². The van der Waals surface area contributed by atoms with E-state index in [4.69, 9.17) is 23.5 Å². The molecule has 54 heavy (non-hydrogen) atoms. The fraction of sp³-hybridized carbons (Fsp3) is 0.878. The maximum absolute atomic E-state index is 12.8. The molecule has 0 saturated carbocycles. The quantitative estimate of drug-likeness (QED) is 0.0208. The number of carbonyl (C=O) groups excluding carboxylic acids is 1. The van der Waals surface area contributed by atoms with Gasteiger partial charge >= 0.3 is 16.4 Å². The molecule has 0 aromatic rings. The van der Waals surface area contributed by atoms with E-state index in [-0.39, 0.29) is 19.6 Å². The van der Waals surface area contributed by atoms with Crippen LogP contribution < -0.4 is 0 Å². The van der Waals surface area contributed by atoms with Crippen molar-refractivity contribution < 1.29 is 56.2 Å². The van der Waals surface area contributed by atoms with Crippen LogP contribution in [0.5, 0.6) is 0 Å². The van der Waals surface area contributed by atoms with Crippen LogP contribution in [0.4, 0.5) is 0 Å². The standard InChI is InChI=1S/C41H76O12S/c1-3-5-7-9-11-13-15-16-17-18-19-20-22-24-26-28-30-37(43)51-35(33-49-31-29-27-25-23-21-14-12-10-8-6-4-2)34-50-41-39(45)40(53-54(46,47)48)38(44)36(32-42)52-41/h8,10,17-18,35-36,38-42,44-45H,3-7,9,11-16,19-34H2,1-2H3,(H,46,47,48)/b10-8-,18-17-. The number of hydrogen-bond acceptors (Lipinski definition) is 11. The minimum atomic E-state index is -5.06. The van der Waals surface area contributed by atoms with E-state index in [1.165, 1.54) is 70.6 Å². The lowest BCUT2D eigenvalue weighted by atomic mass is 9.99. The van der Waals surface area contributed by atoms with Crippen molar-refractivity contribution in [3.63, 3.8) is 0 Å². The smallest absolute Gasteiger partial charge is 0.397 e. The van der Waals surface area contributed by atoms with E-state index < -0.39 is 59.8 Å². The highest BCUT2D eigenvalue weighted by atomic mass is 32.3. The average Bonchev–Trinajstić information content (AvgIpc) is 3.14. The van der Waals surface area contributed by atoms with Gasteiger partial charge in [-0.2, -0.15) is 8.42 Å². The molecule has 4 N–H and O–H groups in total. The molecule has 13 heteroatoms. The first kappa shape index (κ1) is 50.6. The summed E-state index contributed by atoms with van der Waals surface area (Å²) in [6.07, 6.45) is 26.5. The first-order valence-electron chi connectivity index (χ1n) is 21.1. The minimum Gasteiger partial charge on any atom is -0.457 e. The molecule has 0 aromatic heterocycles. The number of unbranched alkanes of at least 4 members (excludes halogenated alkanes) is 19. The van der Waals surface area contributed by atoms with Gasteiger partial charge in [0.15, 0.2) is 6.29 Å². The van der Waals surface area contributed by atoms with E-state index in [1.54, 1.807) is 0 Å². The zero-order valence-corrected chi connectivity index (χ0v) is 34.4. The van der Waals surface area contributed by atoms with E-state index in [0.717, 1.165) is 70.6 Å². The first-order valence-corrected chi connectivity index (χ1v) is 22.5. The second-order valence-electron chi connectivity index (χ2n) is 14.6. The monoisotopic (exact) mass is 793 g/mol. The number of aliphatic hydroxyl groups is 3. The first-order chi connectivity index (χ1) is 26.1. The molecule has 6 unspecified atom stereocenters. The molecule has 318 valence electrons. The van der Waals surface area contributed by atoms with Gasteiger partial charge in [-0.1, -0.05) is 128 Å². The molecule has 0 aromatic carbocycles. The highest BCUT2D eigenvalue weighted by Gasteiger charge is 2.48. The number of aliphatic hydroxyl groups excluding tert-OH is 3. The Morgan fingerprint density at radius 2 is 1.20 bits per heavy atom. The van der Waals surface area contributed by atoms with Crippen LogP contribution in [0.25, 0.3) is 0 Å². The van der Waals surface area contributed by atoms with Crippen molar-refractivity contribution in [2.45, 2.75) is 205 Å². The zero-order valence-electron chi connectivity index (χ0n) is 33.5. The molecule has 1 rings (SSSR count). The van der Waals surface area contributed by atoms with Gasteiger partial charge in [0.2, 0.25) is 0 Å². The van der Waals surface area contributed by atoms with Gasteiger partial charge in [-0.25, -0.2) is 4.18 Å². The molecular formula is C41H76O12S. The predicted molar refractivity (Wildman–Crippen MR) is 211 cm³/mol. The van der Waals surface area contributed by atoms with E-state index in [2.05, 4.69) is 42.3 Å². The van der Waals surface area contributed by atoms with Crippen molar-refractivity contribution >= 4 is 16.4 Å². The highest BCUT2D eigenvalue weighted by Crippen LogP contribution is 2.26. The third kappa shape index (κ3) is 27.2. The van der Waals surface area contributed by atoms with Crippen molar-refractivity contribution in [3.8, 4) is 0 Å². The van der Waals surface area contributed by atoms with Crippen molar-refractivity contribution in [1.82, 2.24) is 0 Å². The molecule has 0 amide bonds. The molecule has 1 aliphatic rings. The SMILES string of the molecule is CCC/C=C\CCCCCCCCOCC(COC1OC(CO)C(O)C(OS(=O)(=O)O)C1O)OC(=O)CCCCCCC/C=C\CCCCCCCCC. The van der Waals surface area contributed by atoms with Crippen molar-refractivity contribution in [2.24, 2.45) is 0 Å². The van der Waals surface area contributed by atoms with E-state index >= 15 is 0 Å². The lowest BCUT2D eigenvalue weighted by molar-refractivity contribution is -0.301. The molecule has 6 atom stereocenters. The van der Waals surface area contributed by atoms with Gasteiger partial charge in [0.05, 0.1) is 19.8 Å². The summed E-state index contributed by atoms with van der Waals surface area (Å²) in [6.45, 7) is 3.90. The fourth-order valence-electron chi connectivity index (χ4n) is 6.32. The molecule has 1 saturated heterocycles. The summed E-state index contributed by atoms with van der Waals surface area (Å²) >= 11 is 0. The van der Waals surface area contributed by atoms with Gasteiger partial charge in [0, 0.05) is 13.0 Å². The lowest BCUT2D eigenvalue weighted by Gasteiger charge is -2.41. The Hall–Kier alpha value is -1.42. The number of rotatable bonds is 36. The van der Waals surface area contributed by atoms with Crippen LogP contribution in [-0.2, 0) is 38.3 Å². The number of ether oxygens (including phenoxy) is 4. The Bertz CT molecular complexity index is 1050. The molecule has 0 aliphatic carbocycles. The van der Waals surface area contributed by atoms with Crippen LogP contribution in [0, 0.1) is 0 Å². The highest BCUT2D eigenvalue weighted by molar-refractivity contribution is 7.80. The third-order valence-corrected chi connectivity index (χ3v) is 9.99. The van der Waals surface area contributed by atoms with Crippen LogP contribution in [0.1, 0.15) is 168 Å². The second-order valence-corrected chi connectivity index (χ2v) is 15.6. The van der Waals surface area contributed by atoms with E-state index in [9.17, 15) is 28.5 Å². The topological polar surface area (TPSA) is 178 Å². The van der Waals surface area contributed by atoms with Crippen LogP contribution >= 0.6 is 0 Å². The van der Waals surface area contributed by atoms with Gasteiger partial charge in [-0.05, 0) is 57.8 Å². The molecule has 1 fully saturated rings. The maximum Gasteiger partial charge on any atom is 0.397 e. The fourth-order valence-corrected chi connectivity index (χ4v) is 6.82. The summed E-state index contributed by atoms with van der Waals surface area (Å²) in [5.41, 5.74) is 0. The molecule has 1 aliphatic heterocycles. The molecule has 0 spiro atoms. The Morgan fingerprint density at radius 1 is 0.685 bits per heavy atom. The van der Waals surface area contributed by atoms with Gasteiger partial charge in [0.25, 0.3) is 0 Å². The van der Waals surface area contributed by atoms with E-state index in [0.29, 0.717) is 13.0 Å². The second kappa shape index (κ2) is 33.7. The van der Waals surface area contributed by atoms with Crippen LogP contribution in [0.15, 0.2) is 24.3 Å².